The van der Waals surface area contributed by atoms with Gasteiger partial charge < -0.3 is 4.74 Å². The molecule has 2 saturated heterocycles. The summed E-state index contributed by atoms with van der Waals surface area (Å²) in [6.07, 6.45) is 3.18. The number of nitriles is 2. The molecule has 0 unspecified atom stereocenters. The van der Waals surface area contributed by atoms with Crippen LogP contribution >= 0.6 is 0 Å². The first-order chi connectivity index (χ1) is 18.0. The largest absolute Gasteiger partial charge is 0.358 e. The number of nitrogens with zero attached hydrogens (tertiary/aromatic N) is 4. The van der Waals surface area contributed by atoms with Crippen LogP contribution in [0.3, 0.4) is 0 Å². The van der Waals surface area contributed by atoms with E-state index < -0.39 is 25.8 Å². The van der Waals surface area contributed by atoms with Crippen molar-refractivity contribution in [3.63, 3.8) is 0 Å². The molecule has 4 rings (SSSR count). The molecule has 0 aromatic heterocycles. The number of allylic oxidation sites excluding steroid dienone is 2. The molecule has 38 heavy (non-hydrogen) atoms. The van der Waals surface area contributed by atoms with E-state index in [1.165, 1.54) is 57.1 Å². The molecule has 2 aromatic rings. The third-order valence-corrected chi connectivity index (χ3v) is 10.4. The van der Waals surface area contributed by atoms with Crippen LogP contribution in [0.4, 0.5) is 0 Å². The van der Waals surface area contributed by atoms with Gasteiger partial charge in [-0.3, -0.25) is 0 Å². The van der Waals surface area contributed by atoms with Crippen LogP contribution in [-0.4, -0.2) is 57.4 Å². The molecule has 0 amide bonds. The first-order valence-corrected chi connectivity index (χ1v) is 14.9. The number of sulfonamides is 2. The molecule has 2 aliphatic heterocycles. The lowest BCUT2D eigenvalue weighted by molar-refractivity contribution is -0.0806. The van der Waals surface area contributed by atoms with Crippen molar-refractivity contribution in [1.29, 1.82) is 10.5 Å². The van der Waals surface area contributed by atoms with Crippen molar-refractivity contribution in [2.24, 2.45) is 0 Å². The van der Waals surface area contributed by atoms with E-state index in [0.717, 1.165) is 12.0 Å². The molecule has 1 spiro atoms. The average Bonchev–Trinajstić information content (AvgIpc) is 3.36. The van der Waals surface area contributed by atoms with E-state index >= 15 is 0 Å². The molecule has 2 aliphatic rings. The molecular formula is C27H30N4O5S2. The number of hydrogen-bond acceptors (Lipinski definition) is 7. The van der Waals surface area contributed by atoms with Crippen molar-refractivity contribution in [2.75, 3.05) is 26.2 Å². The molecule has 2 aromatic carbocycles. The van der Waals surface area contributed by atoms with E-state index in [1.54, 1.807) is 6.08 Å². The van der Waals surface area contributed by atoms with Gasteiger partial charge in [-0.05, 0) is 55.0 Å². The highest BCUT2D eigenvalue weighted by atomic mass is 32.2. The first kappa shape index (κ1) is 29.2. The van der Waals surface area contributed by atoms with Gasteiger partial charge in [0.1, 0.15) is 5.72 Å². The predicted octanol–water partition coefficient (Wildman–Crippen LogP) is 3.77. The normalized spacial score (nSPS) is 17.6. The molecule has 0 radical (unpaired) electrons. The first-order valence-electron chi connectivity index (χ1n) is 12.0. The number of benzene rings is 2. The lowest BCUT2D eigenvalue weighted by atomic mass is 10.0. The van der Waals surface area contributed by atoms with E-state index in [1.807, 2.05) is 12.1 Å². The van der Waals surface area contributed by atoms with Crippen molar-refractivity contribution in [2.45, 2.75) is 41.7 Å². The Balaban J connectivity index is 0.000000599. The Morgan fingerprint density at radius 2 is 1.39 bits per heavy atom. The second-order valence-corrected chi connectivity index (χ2v) is 12.6. The molecule has 2 fully saturated rings. The van der Waals surface area contributed by atoms with Crippen molar-refractivity contribution in [3.05, 3.63) is 84.5 Å². The van der Waals surface area contributed by atoms with Crippen LogP contribution in [0.15, 0.2) is 83.1 Å². The van der Waals surface area contributed by atoms with Gasteiger partial charge in [-0.2, -0.15) is 19.1 Å². The van der Waals surface area contributed by atoms with Crippen molar-refractivity contribution >= 4 is 20.0 Å². The van der Waals surface area contributed by atoms with Gasteiger partial charge in [0, 0.05) is 32.5 Å². The minimum Gasteiger partial charge on any atom is -0.358 e. The minimum absolute atomic E-state index is 0.0639. The Morgan fingerprint density at radius 3 is 1.79 bits per heavy atom. The summed E-state index contributed by atoms with van der Waals surface area (Å²) in [5, 5.41) is 17.8. The topological polar surface area (TPSA) is 132 Å². The van der Waals surface area contributed by atoms with Crippen LogP contribution < -0.4 is 0 Å². The van der Waals surface area contributed by atoms with Crippen LogP contribution in [0.2, 0.25) is 0 Å². The molecule has 9 nitrogen and oxygen atoms in total. The van der Waals surface area contributed by atoms with Gasteiger partial charge >= 0.3 is 0 Å². The van der Waals surface area contributed by atoms with Crippen molar-refractivity contribution in [1.82, 2.24) is 8.61 Å². The maximum atomic E-state index is 13.3. The van der Waals surface area contributed by atoms with Gasteiger partial charge in [0.2, 0.25) is 20.0 Å². The SMILES string of the molecule is C=CC(=C)CC.N#Cc1ccc(S(=O)(=O)N2CCC3(CC2)OCCN3S(=O)(=O)c2ccc(C#N)cc2)cc1. The average molecular weight is 555 g/mol. The van der Waals surface area contributed by atoms with Crippen molar-refractivity contribution in [3.8, 4) is 12.1 Å². The van der Waals surface area contributed by atoms with Gasteiger partial charge in [-0.25, -0.2) is 16.8 Å². The van der Waals surface area contributed by atoms with E-state index in [-0.39, 0.29) is 48.9 Å². The van der Waals surface area contributed by atoms with Crippen LogP contribution in [-0.2, 0) is 24.8 Å². The Kier molecular flexibility index (Phi) is 9.26. The van der Waals surface area contributed by atoms with Gasteiger partial charge in [0.05, 0.1) is 39.7 Å². The summed E-state index contributed by atoms with van der Waals surface area (Å²) in [4.78, 5) is 0.149. The van der Waals surface area contributed by atoms with Crippen LogP contribution in [0, 0.1) is 22.7 Å². The predicted molar refractivity (Wildman–Crippen MR) is 143 cm³/mol. The second kappa shape index (κ2) is 12.0. The number of hydrogen-bond donors (Lipinski definition) is 0. The van der Waals surface area contributed by atoms with Gasteiger partial charge in [0.25, 0.3) is 0 Å². The molecule has 2 heterocycles. The third kappa shape index (κ3) is 6.04. The Morgan fingerprint density at radius 1 is 0.921 bits per heavy atom. The van der Waals surface area contributed by atoms with E-state index in [2.05, 4.69) is 20.1 Å². The summed E-state index contributed by atoms with van der Waals surface area (Å²) >= 11 is 0. The highest BCUT2D eigenvalue weighted by molar-refractivity contribution is 7.89. The fourth-order valence-corrected chi connectivity index (χ4v) is 7.39. The maximum Gasteiger partial charge on any atom is 0.245 e. The molecule has 0 atom stereocenters. The van der Waals surface area contributed by atoms with Crippen LogP contribution in [0.1, 0.15) is 37.3 Å². The smallest absolute Gasteiger partial charge is 0.245 e. The van der Waals surface area contributed by atoms with Crippen LogP contribution in [0.5, 0.6) is 0 Å². The Hall–Kier alpha value is -3.32. The monoisotopic (exact) mass is 554 g/mol. The van der Waals surface area contributed by atoms with E-state index in [4.69, 9.17) is 15.3 Å². The zero-order valence-corrected chi connectivity index (χ0v) is 22.8. The van der Waals surface area contributed by atoms with Crippen molar-refractivity contribution < 1.29 is 21.6 Å². The Labute approximate surface area is 225 Å². The summed E-state index contributed by atoms with van der Waals surface area (Å²) in [7, 11) is -7.66. The standard InChI is InChI=1S/C21H20N4O5S2.C6H10/c22-15-17-1-5-19(6-2-17)31(26,27)24-11-9-21(10-12-24)25(13-14-30-21)32(28,29)20-7-3-18(16-23)4-8-20;1-4-6(3)5-2/h1-8H,9-14H2;4H,1,3,5H2,2H3. The molecular weight excluding hydrogens is 524 g/mol. The summed E-state index contributed by atoms with van der Waals surface area (Å²) in [5.41, 5.74) is 0.723. The summed E-state index contributed by atoms with van der Waals surface area (Å²) in [6, 6.07) is 15.3. The number of piperidine rings is 1. The lowest BCUT2D eigenvalue weighted by Crippen LogP contribution is -2.55. The quantitative estimate of drug-likeness (QED) is 0.497. The van der Waals surface area contributed by atoms with Crippen LogP contribution in [0.25, 0.3) is 0 Å². The summed E-state index contributed by atoms with van der Waals surface area (Å²) in [5.74, 6) is 0. The highest BCUT2D eigenvalue weighted by Crippen LogP contribution is 2.39. The molecule has 0 bridgehead atoms. The van der Waals surface area contributed by atoms with E-state index in [0.29, 0.717) is 11.1 Å². The second-order valence-electron chi connectivity index (χ2n) is 8.76. The maximum absolute atomic E-state index is 13.3. The highest BCUT2D eigenvalue weighted by Gasteiger charge is 2.51. The Bertz CT molecular complexity index is 1460. The fraction of sp³-hybridized carbons (Fsp3) is 0.333. The number of ether oxygens (including phenoxy) is 1. The molecule has 0 saturated carbocycles. The summed E-state index contributed by atoms with van der Waals surface area (Å²) in [6.45, 7) is 9.85. The zero-order chi connectivity index (χ0) is 28.0. The number of rotatable bonds is 6. The van der Waals surface area contributed by atoms with Gasteiger partial charge in [0.15, 0.2) is 0 Å². The molecule has 200 valence electrons. The molecule has 11 heteroatoms. The minimum atomic E-state index is -3.88. The van der Waals surface area contributed by atoms with Gasteiger partial charge in [-0.15, -0.1) is 0 Å². The fourth-order valence-electron chi connectivity index (χ4n) is 4.23. The lowest BCUT2D eigenvalue weighted by Gasteiger charge is -2.42. The zero-order valence-electron chi connectivity index (χ0n) is 21.2. The summed E-state index contributed by atoms with van der Waals surface area (Å²) < 4.78 is 61.0. The third-order valence-electron chi connectivity index (χ3n) is 6.56. The van der Waals surface area contributed by atoms with E-state index in [9.17, 15) is 16.8 Å². The van der Waals surface area contributed by atoms with Gasteiger partial charge in [-0.1, -0.05) is 31.7 Å². The molecule has 0 N–H and O–H groups in total. The molecule has 0 aliphatic carbocycles.